The SMILES string of the molecule is COC[C@H]1CCCN1C(=O)c1cncc(CN2C(N)=NC(c3ccccc3)(C3CC3)C23CO3)c1. The fourth-order valence-electron chi connectivity index (χ4n) is 6.01. The van der Waals surface area contributed by atoms with Crippen LogP contribution < -0.4 is 5.73 Å². The van der Waals surface area contributed by atoms with Gasteiger partial charge in [-0.15, -0.1) is 0 Å². The van der Waals surface area contributed by atoms with Crippen LogP contribution in [-0.2, 0) is 21.6 Å². The Morgan fingerprint density at radius 2 is 2.03 bits per heavy atom. The summed E-state index contributed by atoms with van der Waals surface area (Å²) in [5, 5.41) is 0. The molecule has 8 heteroatoms. The van der Waals surface area contributed by atoms with Crippen molar-refractivity contribution in [3.63, 3.8) is 0 Å². The molecule has 1 saturated carbocycles. The average molecular weight is 462 g/mol. The smallest absolute Gasteiger partial charge is 0.255 e. The van der Waals surface area contributed by atoms with Crippen LogP contribution in [-0.4, -0.2) is 65.3 Å². The van der Waals surface area contributed by atoms with Gasteiger partial charge in [-0.1, -0.05) is 30.3 Å². The number of hydrogen-bond acceptors (Lipinski definition) is 7. The quantitative estimate of drug-likeness (QED) is 0.637. The molecule has 2 N–H and O–H groups in total. The monoisotopic (exact) mass is 461 g/mol. The van der Waals surface area contributed by atoms with E-state index in [0.717, 1.165) is 43.4 Å². The zero-order valence-electron chi connectivity index (χ0n) is 19.5. The lowest BCUT2D eigenvalue weighted by Gasteiger charge is -2.36. The van der Waals surface area contributed by atoms with Gasteiger partial charge in [0.05, 0.1) is 24.8 Å². The van der Waals surface area contributed by atoms with Gasteiger partial charge in [-0.2, -0.15) is 0 Å². The van der Waals surface area contributed by atoms with Gasteiger partial charge in [0.2, 0.25) is 0 Å². The van der Waals surface area contributed by atoms with Crippen molar-refractivity contribution in [1.82, 2.24) is 14.8 Å². The lowest BCUT2D eigenvalue weighted by atomic mass is 9.79. The molecule has 3 atom stereocenters. The van der Waals surface area contributed by atoms with Gasteiger partial charge in [-0.25, -0.2) is 4.99 Å². The zero-order valence-corrected chi connectivity index (χ0v) is 19.5. The number of amides is 1. The number of guanidine groups is 1. The number of epoxide rings is 1. The minimum Gasteiger partial charge on any atom is -0.383 e. The van der Waals surface area contributed by atoms with Gasteiger partial charge in [-0.05, 0) is 48.8 Å². The largest absolute Gasteiger partial charge is 0.383 e. The highest BCUT2D eigenvalue weighted by molar-refractivity contribution is 5.94. The Hall–Kier alpha value is -2.97. The van der Waals surface area contributed by atoms with Crippen LogP contribution in [0.5, 0.6) is 0 Å². The second-order valence-corrected chi connectivity index (χ2v) is 9.87. The van der Waals surface area contributed by atoms with E-state index in [1.54, 1.807) is 19.5 Å². The summed E-state index contributed by atoms with van der Waals surface area (Å²) >= 11 is 0. The fraction of sp³-hybridized carbons (Fsp3) is 0.500. The number of aliphatic imine (C=N–C) groups is 1. The minimum atomic E-state index is -0.571. The van der Waals surface area contributed by atoms with E-state index in [-0.39, 0.29) is 11.9 Å². The maximum absolute atomic E-state index is 13.3. The number of methoxy groups -OCH3 is 1. The van der Waals surface area contributed by atoms with E-state index in [2.05, 4.69) is 34.1 Å². The lowest BCUT2D eigenvalue weighted by molar-refractivity contribution is 0.0628. The van der Waals surface area contributed by atoms with Gasteiger partial charge < -0.3 is 25.0 Å². The summed E-state index contributed by atoms with van der Waals surface area (Å²) in [4.78, 5) is 26.7. The first kappa shape index (κ1) is 21.6. The van der Waals surface area contributed by atoms with E-state index in [9.17, 15) is 4.79 Å². The first-order chi connectivity index (χ1) is 16.6. The third-order valence-corrected chi connectivity index (χ3v) is 7.78. The number of ether oxygens (including phenoxy) is 2. The molecule has 8 nitrogen and oxygen atoms in total. The maximum atomic E-state index is 13.3. The van der Waals surface area contributed by atoms with Gasteiger partial charge in [0.1, 0.15) is 12.1 Å². The fourth-order valence-corrected chi connectivity index (χ4v) is 6.01. The number of likely N-dealkylation sites (tertiary alicyclic amines) is 1. The van der Waals surface area contributed by atoms with E-state index in [4.69, 9.17) is 20.2 Å². The van der Waals surface area contributed by atoms with Crippen LogP contribution in [0.2, 0.25) is 0 Å². The Morgan fingerprint density at radius 1 is 1.24 bits per heavy atom. The molecule has 1 aromatic carbocycles. The predicted octanol–water partition coefficient (Wildman–Crippen LogP) is 2.49. The number of nitrogens with two attached hydrogens (primary N) is 1. The van der Waals surface area contributed by atoms with Crippen molar-refractivity contribution < 1.29 is 14.3 Å². The van der Waals surface area contributed by atoms with E-state index < -0.39 is 11.3 Å². The van der Waals surface area contributed by atoms with Crippen molar-refractivity contribution in [3.05, 3.63) is 65.5 Å². The van der Waals surface area contributed by atoms with Crippen molar-refractivity contribution in [3.8, 4) is 0 Å². The Bertz CT molecular complexity index is 1110. The van der Waals surface area contributed by atoms with Gasteiger partial charge in [0.25, 0.3) is 5.91 Å². The molecular weight excluding hydrogens is 430 g/mol. The number of hydrogen-bond donors (Lipinski definition) is 1. The van der Waals surface area contributed by atoms with Crippen LogP contribution in [0, 0.1) is 5.92 Å². The summed E-state index contributed by atoms with van der Waals surface area (Å²) in [6.07, 6.45) is 7.66. The molecule has 178 valence electrons. The summed E-state index contributed by atoms with van der Waals surface area (Å²) in [5.74, 6) is 0.913. The Kier molecular flexibility index (Phi) is 5.11. The summed E-state index contributed by atoms with van der Waals surface area (Å²) in [7, 11) is 1.68. The van der Waals surface area contributed by atoms with Crippen molar-refractivity contribution in [1.29, 1.82) is 0 Å². The molecule has 3 fully saturated rings. The number of nitrogens with zero attached hydrogens (tertiary/aromatic N) is 4. The third-order valence-electron chi connectivity index (χ3n) is 7.78. The van der Waals surface area contributed by atoms with Crippen molar-refractivity contribution >= 4 is 11.9 Å². The maximum Gasteiger partial charge on any atom is 0.255 e. The van der Waals surface area contributed by atoms with Crippen LogP contribution in [0.1, 0.15) is 47.2 Å². The van der Waals surface area contributed by atoms with E-state index in [1.807, 2.05) is 17.0 Å². The first-order valence-electron chi connectivity index (χ1n) is 12.2. The lowest BCUT2D eigenvalue weighted by Crippen LogP contribution is -2.51. The normalized spacial score (nSPS) is 30.1. The van der Waals surface area contributed by atoms with Crippen LogP contribution >= 0.6 is 0 Å². The highest BCUT2D eigenvalue weighted by Crippen LogP contribution is 2.63. The molecule has 4 heterocycles. The Morgan fingerprint density at radius 3 is 2.74 bits per heavy atom. The van der Waals surface area contributed by atoms with Crippen LogP contribution in [0.25, 0.3) is 0 Å². The van der Waals surface area contributed by atoms with Crippen LogP contribution in [0.4, 0.5) is 0 Å². The van der Waals surface area contributed by atoms with Crippen molar-refractivity contribution in [2.24, 2.45) is 16.6 Å². The molecule has 1 spiro atoms. The molecule has 6 rings (SSSR count). The standard InChI is InChI=1S/C26H31N5O3/c1-33-16-22-8-5-11-30(22)23(32)19-12-18(13-28-14-19)15-31-24(27)29-26(21-9-10-21,25(31)17-34-25)20-6-3-2-4-7-20/h2-4,6-7,12-14,21-22H,5,8-11,15-17H2,1H3,(H2,27,29)/t22-,25?,26?/m1/s1. The van der Waals surface area contributed by atoms with E-state index in [1.165, 1.54) is 0 Å². The third kappa shape index (κ3) is 3.23. The Labute approximate surface area is 199 Å². The van der Waals surface area contributed by atoms with Crippen molar-refractivity contribution in [2.45, 2.75) is 49.5 Å². The Balaban J connectivity index is 1.27. The number of pyridine rings is 1. The molecule has 0 bridgehead atoms. The molecule has 2 aromatic rings. The molecule has 1 aliphatic carbocycles. The average Bonchev–Trinajstić information content (AvgIpc) is 3.79. The molecule has 1 amide bonds. The second-order valence-electron chi connectivity index (χ2n) is 9.87. The van der Waals surface area contributed by atoms with Crippen LogP contribution in [0.15, 0.2) is 53.8 Å². The molecule has 4 aliphatic rings. The number of rotatable bonds is 7. The molecule has 2 saturated heterocycles. The minimum absolute atomic E-state index is 0.00552. The molecular formula is C26H31N5O3. The molecule has 1 aromatic heterocycles. The van der Waals surface area contributed by atoms with E-state index in [0.29, 0.717) is 37.2 Å². The molecule has 0 radical (unpaired) electrons. The van der Waals surface area contributed by atoms with Crippen molar-refractivity contribution in [2.75, 3.05) is 26.9 Å². The van der Waals surface area contributed by atoms with E-state index >= 15 is 0 Å². The summed E-state index contributed by atoms with van der Waals surface area (Å²) < 4.78 is 11.5. The number of carbonyl (C=O) groups is 1. The summed E-state index contributed by atoms with van der Waals surface area (Å²) in [6, 6.07) is 12.5. The predicted molar refractivity (Wildman–Crippen MR) is 127 cm³/mol. The topological polar surface area (TPSA) is 96.6 Å². The molecule has 34 heavy (non-hydrogen) atoms. The number of aromatic nitrogens is 1. The number of benzene rings is 1. The number of carbonyl (C=O) groups excluding carboxylic acids is 1. The summed E-state index contributed by atoms with van der Waals surface area (Å²) in [6.45, 7) is 2.39. The first-order valence-corrected chi connectivity index (χ1v) is 12.2. The highest BCUT2D eigenvalue weighted by atomic mass is 16.6. The van der Waals surface area contributed by atoms with Crippen LogP contribution in [0.3, 0.4) is 0 Å². The molecule has 2 unspecified atom stereocenters. The zero-order chi connectivity index (χ0) is 23.3. The summed E-state index contributed by atoms with van der Waals surface area (Å²) in [5.41, 5.74) is 8.17. The van der Waals surface area contributed by atoms with Gasteiger partial charge in [0.15, 0.2) is 11.7 Å². The molecule has 3 aliphatic heterocycles. The van der Waals surface area contributed by atoms with Gasteiger partial charge in [-0.3, -0.25) is 9.78 Å². The van der Waals surface area contributed by atoms with Gasteiger partial charge >= 0.3 is 0 Å². The van der Waals surface area contributed by atoms with Gasteiger partial charge in [0, 0.05) is 26.0 Å². The highest BCUT2D eigenvalue weighted by Gasteiger charge is 2.74. The second kappa shape index (κ2) is 8.06.